The van der Waals surface area contributed by atoms with E-state index >= 15 is 0 Å². The highest BCUT2D eigenvalue weighted by Gasteiger charge is 2.45. The Bertz CT molecular complexity index is 709. The highest BCUT2D eigenvalue weighted by Crippen LogP contribution is 2.35. The molecule has 23 heavy (non-hydrogen) atoms. The standard InChI is InChI=1S/C20H21NO2/c1-15-13-18(17-11-7-4-8-12-17)21-20(15,2)19(22)23-14-16-9-5-3-6-10-16/h3-12,15H,13-14H2,1-2H3/t15-,20+/m1/s1. The Morgan fingerprint density at radius 2 is 1.74 bits per heavy atom. The number of rotatable bonds is 4. The monoisotopic (exact) mass is 307 g/mol. The van der Waals surface area contributed by atoms with Crippen molar-refractivity contribution in [1.82, 2.24) is 0 Å². The van der Waals surface area contributed by atoms with Gasteiger partial charge in [-0.15, -0.1) is 0 Å². The first-order valence-electron chi connectivity index (χ1n) is 7.95. The minimum atomic E-state index is -0.806. The molecule has 0 amide bonds. The smallest absolute Gasteiger partial charge is 0.334 e. The minimum Gasteiger partial charge on any atom is -0.459 e. The van der Waals surface area contributed by atoms with Gasteiger partial charge in [0.25, 0.3) is 0 Å². The van der Waals surface area contributed by atoms with Crippen molar-refractivity contribution in [2.75, 3.05) is 0 Å². The maximum Gasteiger partial charge on any atom is 0.334 e. The van der Waals surface area contributed by atoms with Crippen LogP contribution in [0.4, 0.5) is 0 Å². The molecule has 2 atom stereocenters. The third kappa shape index (κ3) is 3.19. The Labute approximate surface area is 137 Å². The minimum absolute atomic E-state index is 0.126. The summed E-state index contributed by atoms with van der Waals surface area (Å²) in [5.74, 6) is -0.124. The van der Waals surface area contributed by atoms with E-state index < -0.39 is 5.54 Å². The van der Waals surface area contributed by atoms with E-state index in [2.05, 4.69) is 6.92 Å². The van der Waals surface area contributed by atoms with E-state index in [9.17, 15) is 4.79 Å². The van der Waals surface area contributed by atoms with E-state index in [1.807, 2.05) is 67.6 Å². The van der Waals surface area contributed by atoms with Crippen molar-refractivity contribution >= 4 is 11.7 Å². The summed E-state index contributed by atoms with van der Waals surface area (Å²) >= 11 is 0. The van der Waals surface area contributed by atoms with E-state index in [4.69, 9.17) is 9.73 Å². The van der Waals surface area contributed by atoms with Crippen molar-refractivity contribution < 1.29 is 9.53 Å². The molecule has 0 spiro atoms. The Morgan fingerprint density at radius 1 is 1.13 bits per heavy atom. The molecular formula is C20H21NO2. The summed E-state index contributed by atoms with van der Waals surface area (Å²) < 4.78 is 5.52. The van der Waals surface area contributed by atoms with Gasteiger partial charge in [0.15, 0.2) is 5.54 Å². The van der Waals surface area contributed by atoms with Crippen LogP contribution in [0, 0.1) is 5.92 Å². The molecule has 0 aromatic heterocycles. The van der Waals surface area contributed by atoms with E-state index in [1.165, 1.54) is 0 Å². The molecule has 0 saturated heterocycles. The highest BCUT2D eigenvalue weighted by molar-refractivity contribution is 6.05. The number of esters is 1. The van der Waals surface area contributed by atoms with Crippen molar-refractivity contribution in [3.8, 4) is 0 Å². The Hall–Kier alpha value is -2.42. The predicted molar refractivity (Wildman–Crippen MR) is 91.4 cm³/mol. The van der Waals surface area contributed by atoms with Gasteiger partial charge in [0.2, 0.25) is 0 Å². The maximum atomic E-state index is 12.6. The summed E-state index contributed by atoms with van der Waals surface area (Å²) in [6, 6.07) is 19.8. The molecule has 1 aliphatic heterocycles. The molecule has 1 heterocycles. The van der Waals surface area contributed by atoms with Gasteiger partial charge >= 0.3 is 5.97 Å². The third-order valence-electron chi connectivity index (χ3n) is 4.56. The third-order valence-corrected chi connectivity index (χ3v) is 4.56. The zero-order valence-electron chi connectivity index (χ0n) is 13.5. The fourth-order valence-electron chi connectivity index (χ4n) is 2.85. The first kappa shape index (κ1) is 15.5. The number of carbonyl (C=O) groups is 1. The quantitative estimate of drug-likeness (QED) is 0.800. The van der Waals surface area contributed by atoms with Gasteiger partial charge in [-0.25, -0.2) is 4.79 Å². The molecule has 3 rings (SSSR count). The van der Waals surface area contributed by atoms with Gasteiger partial charge in [0, 0.05) is 5.71 Å². The summed E-state index contributed by atoms with van der Waals surface area (Å²) in [6.45, 7) is 4.22. The fourth-order valence-corrected chi connectivity index (χ4v) is 2.85. The molecule has 2 aromatic rings. The lowest BCUT2D eigenvalue weighted by molar-refractivity contribution is -0.152. The van der Waals surface area contributed by atoms with Gasteiger partial charge in [-0.1, -0.05) is 67.6 Å². The first-order chi connectivity index (χ1) is 11.1. The van der Waals surface area contributed by atoms with E-state index in [1.54, 1.807) is 0 Å². The van der Waals surface area contributed by atoms with E-state index in [-0.39, 0.29) is 18.5 Å². The molecule has 2 aromatic carbocycles. The van der Waals surface area contributed by atoms with Crippen molar-refractivity contribution in [1.29, 1.82) is 0 Å². The van der Waals surface area contributed by atoms with Gasteiger partial charge in [-0.3, -0.25) is 4.99 Å². The lowest BCUT2D eigenvalue weighted by atomic mass is 9.87. The molecule has 0 N–H and O–H groups in total. The van der Waals surface area contributed by atoms with E-state index in [0.717, 1.165) is 23.3 Å². The Morgan fingerprint density at radius 3 is 2.39 bits per heavy atom. The number of hydrogen-bond acceptors (Lipinski definition) is 3. The second-order valence-electron chi connectivity index (χ2n) is 6.24. The van der Waals surface area contributed by atoms with Crippen molar-refractivity contribution in [2.24, 2.45) is 10.9 Å². The van der Waals surface area contributed by atoms with Gasteiger partial charge in [-0.2, -0.15) is 0 Å². The zero-order valence-corrected chi connectivity index (χ0v) is 13.5. The summed E-state index contributed by atoms with van der Waals surface area (Å²) in [6.07, 6.45) is 0.793. The molecule has 0 bridgehead atoms. The average Bonchev–Trinajstić information content (AvgIpc) is 2.91. The van der Waals surface area contributed by atoms with Gasteiger partial charge in [-0.05, 0) is 30.4 Å². The van der Waals surface area contributed by atoms with Crippen molar-refractivity contribution in [3.05, 3.63) is 71.8 Å². The summed E-state index contributed by atoms with van der Waals surface area (Å²) in [7, 11) is 0. The van der Waals surface area contributed by atoms with Crippen molar-refractivity contribution in [3.63, 3.8) is 0 Å². The maximum absolute atomic E-state index is 12.6. The molecule has 1 aliphatic rings. The second kappa shape index (κ2) is 6.37. The second-order valence-corrected chi connectivity index (χ2v) is 6.24. The molecule has 0 unspecified atom stereocenters. The number of carbonyl (C=O) groups excluding carboxylic acids is 1. The average molecular weight is 307 g/mol. The SMILES string of the molecule is C[C@@H]1CC(c2ccccc2)=N[C@]1(C)C(=O)OCc1ccccc1. The van der Waals surface area contributed by atoms with Gasteiger partial charge in [0.1, 0.15) is 6.61 Å². The topological polar surface area (TPSA) is 38.7 Å². The number of aliphatic imine (C=N–C) groups is 1. The Kier molecular flexibility index (Phi) is 4.28. The van der Waals surface area contributed by atoms with Crippen LogP contribution >= 0.6 is 0 Å². The summed E-state index contributed by atoms with van der Waals surface area (Å²) in [5.41, 5.74) is 2.25. The van der Waals surface area contributed by atoms with Crippen molar-refractivity contribution in [2.45, 2.75) is 32.4 Å². The van der Waals surface area contributed by atoms with Crippen LogP contribution in [0.2, 0.25) is 0 Å². The molecular weight excluding hydrogens is 286 g/mol. The Balaban J connectivity index is 1.74. The van der Waals surface area contributed by atoms with Gasteiger partial charge < -0.3 is 4.74 Å². The largest absolute Gasteiger partial charge is 0.459 e. The summed E-state index contributed by atoms with van der Waals surface area (Å²) in [5, 5.41) is 0. The summed E-state index contributed by atoms with van der Waals surface area (Å²) in [4.78, 5) is 17.3. The number of hydrogen-bond donors (Lipinski definition) is 0. The highest BCUT2D eigenvalue weighted by atomic mass is 16.5. The molecule has 0 fully saturated rings. The zero-order chi connectivity index (χ0) is 16.3. The number of benzene rings is 2. The lowest BCUT2D eigenvalue weighted by Gasteiger charge is -2.24. The number of ether oxygens (including phenoxy) is 1. The molecule has 3 nitrogen and oxygen atoms in total. The van der Waals surface area contributed by atoms with Crippen LogP contribution in [0.3, 0.4) is 0 Å². The molecule has 3 heteroatoms. The van der Waals surface area contributed by atoms with Gasteiger partial charge in [0.05, 0.1) is 0 Å². The van der Waals surface area contributed by atoms with Crippen LogP contribution < -0.4 is 0 Å². The van der Waals surface area contributed by atoms with Crippen LogP contribution in [0.15, 0.2) is 65.7 Å². The van der Waals surface area contributed by atoms with Crippen LogP contribution in [0.25, 0.3) is 0 Å². The predicted octanol–water partition coefficient (Wildman–Crippen LogP) is 4.02. The molecule has 0 aliphatic carbocycles. The van der Waals surface area contributed by atoms with Crippen LogP contribution in [0.5, 0.6) is 0 Å². The van der Waals surface area contributed by atoms with Crippen LogP contribution in [-0.2, 0) is 16.1 Å². The number of nitrogens with zero attached hydrogens (tertiary/aromatic N) is 1. The lowest BCUT2D eigenvalue weighted by Crippen LogP contribution is -2.38. The fraction of sp³-hybridized carbons (Fsp3) is 0.300. The van der Waals surface area contributed by atoms with Crippen LogP contribution in [-0.4, -0.2) is 17.2 Å². The molecule has 0 saturated carbocycles. The molecule has 0 radical (unpaired) electrons. The van der Waals surface area contributed by atoms with Crippen LogP contribution in [0.1, 0.15) is 31.4 Å². The molecule has 118 valence electrons. The van der Waals surface area contributed by atoms with E-state index in [0.29, 0.717) is 0 Å². The normalized spacial score (nSPS) is 23.4. The first-order valence-corrected chi connectivity index (χ1v) is 7.95.